The van der Waals surface area contributed by atoms with E-state index in [1.54, 1.807) is 6.92 Å². The van der Waals surface area contributed by atoms with Crippen LogP contribution in [0.25, 0.3) is 0 Å². The Kier molecular flexibility index (Phi) is 1.80. The van der Waals surface area contributed by atoms with Crippen molar-refractivity contribution < 1.29 is 14.6 Å². The fourth-order valence-electron chi connectivity index (χ4n) is 0.810. The van der Waals surface area contributed by atoms with Crippen molar-refractivity contribution in [3.8, 4) is 5.88 Å². The lowest BCUT2D eigenvalue weighted by Gasteiger charge is -1.95. The number of carboxylic acid groups (broad SMARTS) is 1. The monoisotopic (exact) mass is 156 g/mol. The molecule has 0 atom stereocenters. The number of rotatable bonds is 2. The van der Waals surface area contributed by atoms with E-state index in [1.165, 1.54) is 7.11 Å². The highest BCUT2D eigenvalue weighted by molar-refractivity contribution is 5.91. The van der Waals surface area contributed by atoms with Crippen LogP contribution in [0.3, 0.4) is 0 Å². The van der Waals surface area contributed by atoms with Crippen molar-refractivity contribution in [1.29, 1.82) is 0 Å². The Balaban J connectivity index is 3.17. The lowest BCUT2D eigenvalue weighted by Crippen LogP contribution is -1.99. The number of hydrogen-bond acceptors (Lipinski definition) is 3. The molecule has 0 unspecified atom stereocenters. The Bertz CT molecular complexity index is 279. The van der Waals surface area contributed by atoms with Gasteiger partial charge < -0.3 is 9.84 Å². The van der Waals surface area contributed by atoms with Gasteiger partial charge in [0.25, 0.3) is 0 Å². The summed E-state index contributed by atoms with van der Waals surface area (Å²) in [5.41, 5.74) is 0.516. The summed E-state index contributed by atoms with van der Waals surface area (Å²) in [5, 5.41) is 14.8. The minimum Gasteiger partial charge on any atom is -0.481 e. The van der Waals surface area contributed by atoms with E-state index in [-0.39, 0.29) is 11.4 Å². The average Bonchev–Trinajstić information content (AvgIpc) is 2.30. The van der Waals surface area contributed by atoms with E-state index in [9.17, 15) is 4.79 Å². The number of nitrogens with one attached hydrogen (secondary N) is 1. The van der Waals surface area contributed by atoms with E-state index >= 15 is 0 Å². The van der Waals surface area contributed by atoms with E-state index in [1.807, 2.05) is 0 Å². The number of aryl methyl sites for hydroxylation is 1. The molecule has 0 aliphatic heterocycles. The first-order valence-corrected chi connectivity index (χ1v) is 2.99. The predicted octanol–water partition coefficient (Wildman–Crippen LogP) is 0.425. The number of methoxy groups -OCH3 is 1. The maximum absolute atomic E-state index is 10.5. The number of ether oxygens (including phenoxy) is 1. The molecule has 1 rings (SSSR count). The number of carboxylic acids is 1. The summed E-state index contributed by atoms with van der Waals surface area (Å²) < 4.78 is 4.73. The van der Waals surface area contributed by atoms with Gasteiger partial charge in [0.1, 0.15) is 5.56 Å². The average molecular weight is 156 g/mol. The standard InChI is InChI=1S/C6H8N2O3/c1-3-4(6(9)10)5(11-2)8-7-3/h1-2H3,(H,7,8)(H,9,10). The molecule has 1 aromatic heterocycles. The van der Waals surface area contributed by atoms with Gasteiger partial charge in [-0.1, -0.05) is 0 Å². The summed E-state index contributed by atoms with van der Waals surface area (Å²) in [6.07, 6.45) is 0. The quantitative estimate of drug-likeness (QED) is 0.650. The van der Waals surface area contributed by atoms with E-state index < -0.39 is 5.97 Å². The van der Waals surface area contributed by atoms with Crippen LogP contribution in [0.2, 0.25) is 0 Å². The molecule has 5 heteroatoms. The van der Waals surface area contributed by atoms with Crippen LogP contribution in [0, 0.1) is 6.92 Å². The predicted molar refractivity (Wildman–Crippen MR) is 36.8 cm³/mol. The van der Waals surface area contributed by atoms with Gasteiger partial charge in [0, 0.05) is 0 Å². The fraction of sp³-hybridized carbons (Fsp3) is 0.333. The first kappa shape index (κ1) is 7.59. The zero-order valence-corrected chi connectivity index (χ0v) is 6.21. The van der Waals surface area contributed by atoms with Crippen LogP contribution in [-0.4, -0.2) is 28.4 Å². The largest absolute Gasteiger partial charge is 0.481 e. The van der Waals surface area contributed by atoms with E-state index in [0.717, 1.165) is 0 Å². The molecule has 11 heavy (non-hydrogen) atoms. The molecule has 5 nitrogen and oxygen atoms in total. The molecule has 0 amide bonds. The second-order valence-electron chi connectivity index (χ2n) is 2.02. The van der Waals surface area contributed by atoms with E-state index in [2.05, 4.69) is 10.2 Å². The Morgan fingerprint density at radius 3 is 2.73 bits per heavy atom. The molecular formula is C6H8N2O3. The Labute approximate surface area is 63.0 Å². The van der Waals surface area contributed by atoms with E-state index in [4.69, 9.17) is 9.84 Å². The lowest BCUT2D eigenvalue weighted by atomic mass is 10.2. The highest BCUT2D eigenvalue weighted by Gasteiger charge is 2.16. The van der Waals surface area contributed by atoms with Gasteiger partial charge in [0.2, 0.25) is 5.88 Å². The molecule has 1 heterocycles. The topological polar surface area (TPSA) is 75.2 Å². The van der Waals surface area contributed by atoms with Crippen LogP contribution in [0.15, 0.2) is 0 Å². The smallest absolute Gasteiger partial charge is 0.343 e. The van der Waals surface area contributed by atoms with Crippen molar-refractivity contribution in [3.63, 3.8) is 0 Å². The molecule has 0 aromatic carbocycles. The highest BCUT2D eigenvalue weighted by Crippen LogP contribution is 2.16. The molecule has 0 aliphatic carbocycles. The number of aromatic amines is 1. The van der Waals surface area contributed by atoms with Crippen LogP contribution >= 0.6 is 0 Å². The van der Waals surface area contributed by atoms with E-state index in [0.29, 0.717) is 5.69 Å². The molecular weight excluding hydrogens is 148 g/mol. The third-order valence-electron chi connectivity index (χ3n) is 1.33. The molecule has 0 saturated carbocycles. The number of carbonyl (C=O) groups is 1. The Morgan fingerprint density at radius 2 is 2.36 bits per heavy atom. The van der Waals surface area contributed by atoms with Crippen molar-refractivity contribution in [2.75, 3.05) is 7.11 Å². The third kappa shape index (κ3) is 1.17. The second kappa shape index (κ2) is 2.61. The number of aromatic nitrogens is 2. The molecule has 60 valence electrons. The number of aromatic carboxylic acids is 1. The zero-order chi connectivity index (χ0) is 8.43. The van der Waals surface area contributed by atoms with Gasteiger partial charge in [0.15, 0.2) is 0 Å². The molecule has 0 fully saturated rings. The molecule has 0 spiro atoms. The summed E-state index contributed by atoms with van der Waals surface area (Å²) in [4.78, 5) is 10.5. The van der Waals surface area contributed by atoms with Gasteiger partial charge in [-0.05, 0) is 6.92 Å². The molecule has 0 bridgehead atoms. The van der Waals surface area contributed by atoms with Crippen LogP contribution in [-0.2, 0) is 0 Å². The first-order valence-electron chi connectivity index (χ1n) is 2.99. The summed E-state index contributed by atoms with van der Waals surface area (Å²) in [5.74, 6) is -0.844. The summed E-state index contributed by atoms with van der Waals surface area (Å²) in [6, 6.07) is 0. The second-order valence-corrected chi connectivity index (χ2v) is 2.02. The van der Waals surface area contributed by atoms with Gasteiger partial charge >= 0.3 is 5.97 Å². The molecule has 0 saturated heterocycles. The summed E-state index contributed by atoms with van der Waals surface area (Å²) in [7, 11) is 1.39. The Hall–Kier alpha value is -1.52. The third-order valence-corrected chi connectivity index (χ3v) is 1.33. The minimum atomic E-state index is -1.03. The highest BCUT2D eigenvalue weighted by atomic mass is 16.5. The maximum atomic E-state index is 10.5. The van der Waals surface area contributed by atoms with Crippen molar-refractivity contribution in [2.24, 2.45) is 0 Å². The van der Waals surface area contributed by atoms with Gasteiger partial charge in [0.05, 0.1) is 12.8 Å². The molecule has 2 N–H and O–H groups in total. The van der Waals surface area contributed by atoms with Crippen molar-refractivity contribution in [2.45, 2.75) is 6.92 Å². The number of nitrogens with zero attached hydrogens (tertiary/aromatic N) is 1. The van der Waals surface area contributed by atoms with Crippen molar-refractivity contribution in [1.82, 2.24) is 10.2 Å². The maximum Gasteiger partial charge on any atom is 0.343 e. The van der Waals surface area contributed by atoms with Crippen LogP contribution in [0.5, 0.6) is 5.88 Å². The summed E-state index contributed by atoms with van der Waals surface area (Å²) in [6.45, 7) is 1.60. The van der Waals surface area contributed by atoms with Gasteiger partial charge in [-0.2, -0.15) is 5.10 Å². The fourth-order valence-corrected chi connectivity index (χ4v) is 0.810. The van der Waals surface area contributed by atoms with Crippen LogP contribution in [0.4, 0.5) is 0 Å². The number of hydrogen-bond donors (Lipinski definition) is 2. The zero-order valence-electron chi connectivity index (χ0n) is 6.21. The minimum absolute atomic E-state index is 0.0903. The molecule has 0 aliphatic rings. The normalized spacial score (nSPS) is 9.64. The van der Waals surface area contributed by atoms with Crippen molar-refractivity contribution in [3.05, 3.63) is 11.3 Å². The molecule has 0 radical (unpaired) electrons. The molecule has 1 aromatic rings. The number of H-pyrrole nitrogens is 1. The van der Waals surface area contributed by atoms with Gasteiger partial charge in [-0.3, -0.25) is 0 Å². The van der Waals surface area contributed by atoms with Crippen molar-refractivity contribution >= 4 is 5.97 Å². The first-order chi connectivity index (χ1) is 5.16. The lowest BCUT2D eigenvalue weighted by molar-refractivity contribution is 0.0692. The SMILES string of the molecule is COc1[nH]nc(C)c1C(=O)O. The van der Waals surface area contributed by atoms with Gasteiger partial charge in [-0.15, -0.1) is 0 Å². The van der Waals surface area contributed by atoms with Crippen LogP contribution < -0.4 is 4.74 Å². The summed E-state index contributed by atoms with van der Waals surface area (Å²) >= 11 is 0. The Morgan fingerprint density at radius 1 is 1.73 bits per heavy atom. The van der Waals surface area contributed by atoms with Gasteiger partial charge in [-0.25, -0.2) is 9.89 Å². The van der Waals surface area contributed by atoms with Crippen LogP contribution in [0.1, 0.15) is 16.1 Å².